The molecule has 0 aliphatic heterocycles. The highest BCUT2D eigenvalue weighted by atomic mass is 32.2. The lowest BCUT2D eigenvalue weighted by Crippen LogP contribution is -2.25. The molecule has 0 aromatic heterocycles. The van der Waals surface area contributed by atoms with Gasteiger partial charge in [0, 0.05) is 10.6 Å². The van der Waals surface area contributed by atoms with E-state index in [2.05, 4.69) is 5.32 Å². The predicted molar refractivity (Wildman–Crippen MR) is 97.2 cm³/mol. The molecule has 2 aromatic carbocycles. The van der Waals surface area contributed by atoms with Gasteiger partial charge in [-0.1, -0.05) is 19.1 Å². The van der Waals surface area contributed by atoms with E-state index in [4.69, 9.17) is 10.5 Å². The lowest BCUT2D eigenvalue weighted by molar-refractivity contribution is -0.115. The average molecular weight is 344 g/mol. The first kappa shape index (κ1) is 17.9. The molecule has 0 saturated carbocycles. The summed E-state index contributed by atoms with van der Waals surface area (Å²) in [6.07, 6.45) is 0.654. The Morgan fingerprint density at radius 2 is 1.83 bits per heavy atom. The van der Waals surface area contributed by atoms with Crippen molar-refractivity contribution in [3.63, 3.8) is 0 Å². The number of hydrogen-bond donors (Lipinski definition) is 2. The predicted octanol–water partition coefficient (Wildman–Crippen LogP) is 3.56. The molecule has 24 heavy (non-hydrogen) atoms. The molecule has 3 N–H and O–H groups in total. The number of esters is 1. The van der Waals surface area contributed by atoms with Gasteiger partial charge in [0.1, 0.15) is 0 Å². The van der Waals surface area contributed by atoms with Crippen molar-refractivity contribution in [2.75, 3.05) is 18.2 Å². The normalized spacial score (nSPS) is 11.6. The fourth-order valence-electron chi connectivity index (χ4n) is 2.13. The second-order valence-corrected chi connectivity index (χ2v) is 6.39. The van der Waals surface area contributed by atoms with Gasteiger partial charge in [-0.15, -0.1) is 11.8 Å². The summed E-state index contributed by atoms with van der Waals surface area (Å²) in [4.78, 5) is 25.3. The van der Waals surface area contributed by atoms with Crippen molar-refractivity contribution in [1.29, 1.82) is 0 Å². The molecule has 0 heterocycles. The molecule has 1 unspecified atom stereocenters. The zero-order chi connectivity index (χ0) is 17.5. The maximum Gasteiger partial charge on any atom is 0.339 e. The quantitative estimate of drug-likeness (QED) is 0.476. The van der Waals surface area contributed by atoms with Crippen LogP contribution in [-0.4, -0.2) is 24.2 Å². The Bertz CT molecular complexity index is 716. The summed E-state index contributed by atoms with van der Waals surface area (Å²) in [5, 5.41) is 2.54. The SMILES string of the molecule is CCC(Sc1ccc(N)cc1)C(=O)Nc1ccccc1C(=O)OC. The third kappa shape index (κ3) is 4.52. The Morgan fingerprint density at radius 1 is 1.17 bits per heavy atom. The molecule has 0 saturated heterocycles. The van der Waals surface area contributed by atoms with Crippen LogP contribution >= 0.6 is 11.8 Å². The number of benzene rings is 2. The lowest BCUT2D eigenvalue weighted by atomic mass is 10.1. The van der Waals surface area contributed by atoms with Crippen LogP contribution in [-0.2, 0) is 9.53 Å². The first-order valence-corrected chi connectivity index (χ1v) is 8.43. The molecular weight excluding hydrogens is 324 g/mol. The van der Waals surface area contributed by atoms with E-state index in [1.807, 2.05) is 19.1 Å². The third-order valence-corrected chi connectivity index (χ3v) is 4.79. The average Bonchev–Trinajstić information content (AvgIpc) is 2.61. The van der Waals surface area contributed by atoms with Crippen molar-refractivity contribution in [3.05, 3.63) is 54.1 Å². The van der Waals surface area contributed by atoms with Crippen molar-refractivity contribution in [2.45, 2.75) is 23.5 Å². The van der Waals surface area contributed by atoms with Crippen LogP contribution in [0.3, 0.4) is 0 Å². The molecule has 0 spiro atoms. The fourth-order valence-corrected chi connectivity index (χ4v) is 3.08. The number of anilines is 2. The number of nitrogens with one attached hydrogen (secondary N) is 1. The van der Waals surface area contributed by atoms with Crippen LogP contribution in [0, 0.1) is 0 Å². The Hall–Kier alpha value is -2.47. The Kier molecular flexibility index (Phi) is 6.26. The van der Waals surface area contributed by atoms with Crippen molar-refractivity contribution in [3.8, 4) is 0 Å². The van der Waals surface area contributed by atoms with Crippen LogP contribution in [0.25, 0.3) is 0 Å². The minimum atomic E-state index is -0.481. The molecule has 6 heteroatoms. The van der Waals surface area contributed by atoms with E-state index in [1.54, 1.807) is 36.4 Å². The molecule has 126 valence electrons. The Morgan fingerprint density at radius 3 is 2.46 bits per heavy atom. The maximum absolute atomic E-state index is 12.6. The molecule has 0 aliphatic rings. The molecule has 0 bridgehead atoms. The molecule has 5 nitrogen and oxygen atoms in total. The minimum Gasteiger partial charge on any atom is -0.465 e. The summed E-state index contributed by atoms with van der Waals surface area (Å²) in [6, 6.07) is 14.2. The number of thioether (sulfide) groups is 1. The smallest absolute Gasteiger partial charge is 0.339 e. The first-order valence-electron chi connectivity index (χ1n) is 7.55. The molecule has 0 aliphatic carbocycles. The van der Waals surface area contributed by atoms with Gasteiger partial charge in [0.15, 0.2) is 0 Å². The summed E-state index contributed by atoms with van der Waals surface area (Å²) < 4.78 is 4.74. The fraction of sp³-hybridized carbons (Fsp3) is 0.222. The topological polar surface area (TPSA) is 81.4 Å². The van der Waals surface area contributed by atoms with E-state index in [9.17, 15) is 9.59 Å². The number of para-hydroxylation sites is 1. The molecule has 0 radical (unpaired) electrons. The number of nitrogens with two attached hydrogens (primary N) is 1. The highest BCUT2D eigenvalue weighted by molar-refractivity contribution is 8.00. The summed E-state index contributed by atoms with van der Waals surface area (Å²) in [5.74, 6) is -0.638. The monoisotopic (exact) mass is 344 g/mol. The molecule has 2 aromatic rings. The van der Waals surface area contributed by atoms with Crippen LogP contribution in [0.4, 0.5) is 11.4 Å². The summed E-state index contributed by atoms with van der Waals surface area (Å²) in [6.45, 7) is 1.95. The summed E-state index contributed by atoms with van der Waals surface area (Å²) >= 11 is 1.46. The van der Waals surface area contributed by atoms with Crippen LogP contribution < -0.4 is 11.1 Å². The maximum atomic E-state index is 12.6. The van der Waals surface area contributed by atoms with E-state index < -0.39 is 5.97 Å². The molecule has 1 amide bonds. The van der Waals surface area contributed by atoms with Gasteiger partial charge < -0.3 is 15.8 Å². The van der Waals surface area contributed by atoms with E-state index in [0.717, 1.165) is 4.90 Å². The van der Waals surface area contributed by atoms with Crippen LogP contribution in [0.5, 0.6) is 0 Å². The van der Waals surface area contributed by atoms with Gasteiger partial charge in [0.2, 0.25) is 5.91 Å². The van der Waals surface area contributed by atoms with Crippen molar-refractivity contribution < 1.29 is 14.3 Å². The lowest BCUT2D eigenvalue weighted by Gasteiger charge is -2.16. The van der Waals surface area contributed by atoms with Crippen molar-refractivity contribution >= 4 is 35.0 Å². The van der Waals surface area contributed by atoms with Crippen LogP contribution in [0.2, 0.25) is 0 Å². The third-order valence-electron chi connectivity index (χ3n) is 3.41. The number of amides is 1. The number of rotatable bonds is 6. The van der Waals surface area contributed by atoms with Gasteiger partial charge in [0.05, 0.1) is 23.6 Å². The largest absolute Gasteiger partial charge is 0.465 e. The van der Waals surface area contributed by atoms with Crippen molar-refractivity contribution in [1.82, 2.24) is 0 Å². The zero-order valence-corrected chi connectivity index (χ0v) is 14.4. The first-order chi connectivity index (χ1) is 11.5. The number of carbonyl (C=O) groups excluding carboxylic acids is 2. The molecular formula is C18H20N2O3S. The standard InChI is InChI=1S/C18H20N2O3S/c1-3-16(24-13-10-8-12(19)9-11-13)17(21)20-15-7-5-4-6-14(15)18(22)23-2/h4-11,16H,3,19H2,1-2H3,(H,20,21). The van der Waals surface area contributed by atoms with Crippen LogP contribution in [0.15, 0.2) is 53.4 Å². The Labute approximate surface area is 145 Å². The van der Waals surface area contributed by atoms with E-state index in [0.29, 0.717) is 23.4 Å². The zero-order valence-electron chi connectivity index (χ0n) is 13.6. The van der Waals surface area contributed by atoms with Gasteiger partial charge in [0.25, 0.3) is 0 Å². The molecule has 2 rings (SSSR count). The van der Waals surface area contributed by atoms with Gasteiger partial charge in [-0.25, -0.2) is 4.79 Å². The summed E-state index contributed by atoms with van der Waals surface area (Å²) in [5.41, 5.74) is 7.15. The highest BCUT2D eigenvalue weighted by Gasteiger charge is 2.20. The van der Waals surface area contributed by atoms with E-state index in [1.165, 1.54) is 18.9 Å². The Balaban J connectivity index is 2.12. The van der Waals surface area contributed by atoms with Gasteiger partial charge in [-0.2, -0.15) is 0 Å². The number of methoxy groups -OCH3 is 1. The second kappa shape index (κ2) is 8.40. The molecule has 0 fully saturated rings. The molecule has 1 atom stereocenters. The number of hydrogen-bond acceptors (Lipinski definition) is 5. The number of nitrogen functional groups attached to an aromatic ring is 1. The van der Waals surface area contributed by atoms with Gasteiger partial charge >= 0.3 is 5.97 Å². The minimum absolute atomic E-state index is 0.157. The van der Waals surface area contributed by atoms with E-state index in [-0.39, 0.29) is 11.2 Å². The van der Waals surface area contributed by atoms with Gasteiger partial charge in [-0.3, -0.25) is 4.79 Å². The number of ether oxygens (including phenoxy) is 1. The number of carbonyl (C=O) groups is 2. The van der Waals surface area contributed by atoms with Gasteiger partial charge in [-0.05, 0) is 42.8 Å². The van der Waals surface area contributed by atoms with Crippen LogP contribution in [0.1, 0.15) is 23.7 Å². The van der Waals surface area contributed by atoms with Crippen molar-refractivity contribution in [2.24, 2.45) is 0 Å². The summed E-state index contributed by atoms with van der Waals surface area (Å²) in [7, 11) is 1.31. The highest BCUT2D eigenvalue weighted by Crippen LogP contribution is 2.27. The second-order valence-electron chi connectivity index (χ2n) is 5.11. The van der Waals surface area contributed by atoms with E-state index >= 15 is 0 Å².